The quantitative estimate of drug-likeness (QED) is 0.439. The summed E-state index contributed by atoms with van der Waals surface area (Å²) in [4.78, 5) is 0. The lowest BCUT2D eigenvalue weighted by Crippen LogP contribution is -2.36. The van der Waals surface area contributed by atoms with Crippen molar-refractivity contribution in [2.75, 3.05) is 0 Å². The molecule has 0 unspecified atom stereocenters. The lowest BCUT2D eigenvalue weighted by Gasteiger charge is -1.99. The fourth-order valence-corrected chi connectivity index (χ4v) is 2.92. The van der Waals surface area contributed by atoms with E-state index in [1.807, 2.05) is 12.1 Å². The van der Waals surface area contributed by atoms with Gasteiger partial charge in [-0.15, -0.1) is 9.36 Å². The second kappa shape index (κ2) is 3.46. The summed E-state index contributed by atoms with van der Waals surface area (Å²) < 4.78 is 4.38. The molecule has 90 valence electrons. The van der Waals surface area contributed by atoms with Gasteiger partial charge in [0, 0.05) is 5.56 Å². The molecule has 0 saturated carbocycles. The average molecular weight is 246 g/mol. The Morgan fingerprint density at radius 2 is 2.16 bits per heavy atom. The summed E-state index contributed by atoms with van der Waals surface area (Å²) in [6.07, 6.45) is 2.07. The molecule has 1 aliphatic rings. The Morgan fingerprint density at radius 1 is 1.26 bits per heavy atom. The molecular formula is C16H12N3+. The third kappa shape index (κ3) is 1.28. The standard InChI is InChI=1S/C16H12N3/c1-11-5-6-15-13(7-11)9-18-10-14-12(8-17)3-2-4-16(14)19(15)18/h2-7,10H,9H2,1H3/q+1. The summed E-state index contributed by atoms with van der Waals surface area (Å²) in [5.74, 6) is 0. The fourth-order valence-electron chi connectivity index (χ4n) is 2.92. The van der Waals surface area contributed by atoms with Crippen molar-refractivity contribution in [2.24, 2.45) is 0 Å². The first-order valence-corrected chi connectivity index (χ1v) is 6.32. The zero-order valence-corrected chi connectivity index (χ0v) is 10.6. The predicted molar refractivity (Wildman–Crippen MR) is 72.0 cm³/mol. The molecule has 1 aliphatic heterocycles. The molecule has 0 radical (unpaired) electrons. The molecule has 2 aromatic carbocycles. The number of hydrogen-bond acceptors (Lipinski definition) is 1. The van der Waals surface area contributed by atoms with Gasteiger partial charge in [0.25, 0.3) is 0 Å². The van der Waals surface area contributed by atoms with Gasteiger partial charge in [0.2, 0.25) is 6.20 Å². The Morgan fingerprint density at radius 3 is 3.00 bits per heavy atom. The van der Waals surface area contributed by atoms with E-state index in [4.69, 9.17) is 0 Å². The molecule has 3 nitrogen and oxygen atoms in total. The van der Waals surface area contributed by atoms with Crippen molar-refractivity contribution in [3.8, 4) is 11.8 Å². The van der Waals surface area contributed by atoms with Gasteiger partial charge in [-0.3, -0.25) is 0 Å². The highest BCUT2D eigenvalue weighted by Crippen LogP contribution is 2.26. The number of nitrogens with zero attached hydrogens (tertiary/aromatic N) is 3. The number of fused-ring (bicyclic) bond motifs is 5. The molecule has 0 saturated heterocycles. The summed E-state index contributed by atoms with van der Waals surface area (Å²) >= 11 is 0. The van der Waals surface area contributed by atoms with Gasteiger partial charge in [0.1, 0.15) is 17.3 Å². The van der Waals surface area contributed by atoms with E-state index in [1.165, 1.54) is 16.8 Å². The highest BCUT2D eigenvalue weighted by atomic mass is 15.4. The van der Waals surface area contributed by atoms with E-state index in [2.05, 4.69) is 52.8 Å². The van der Waals surface area contributed by atoms with E-state index in [9.17, 15) is 5.26 Å². The van der Waals surface area contributed by atoms with Crippen LogP contribution in [0.4, 0.5) is 0 Å². The van der Waals surface area contributed by atoms with Crippen LogP contribution in [-0.2, 0) is 6.54 Å². The minimum atomic E-state index is 0.737. The summed E-state index contributed by atoms with van der Waals surface area (Å²) in [7, 11) is 0. The van der Waals surface area contributed by atoms with Crippen molar-refractivity contribution in [1.29, 1.82) is 5.26 Å². The van der Waals surface area contributed by atoms with Crippen LogP contribution >= 0.6 is 0 Å². The van der Waals surface area contributed by atoms with Gasteiger partial charge in [-0.2, -0.15) is 5.26 Å². The smallest absolute Gasteiger partial charge is 0.192 e. The Hall–Kier alpha value is -2.60. The van der Waals surface area contributed by atoms with E-state index in [1.54, 1.807) is 0 Å². The van der Waals surface area contributed by atoms with Gasteiger partial charge < -0.3 is 0 Å². The van der Waals surface area contributed by atoms with Crippen LogP contribution in [0.2, 0.25) is 0 Å². The molecule has 1 aromatic heterocycles. The minimum absolute atomic E-state index is 0.737. The third-order valence-corrected chi connectivity index (χ3v) is 3.76. The van der Waals surface area contributed by atoms with E-state index >= 15 is 0 Å². The summed E-state index contributed by atoms with van der Waals surface area (Å²) in [6, 6.07) is 14.7. The topological polar surface area (TPSA) is 32.6 Å². The van der Waals surface area contributed by atoms with Crippen LogP contribution < -0.4 is 4.68 Å². The molecule has 2 heterocycles. The molecular weight excluding hydrogens is 234 g/mol. The van der Waals surface area contributed by atoms with E-state index in [0.29, 0.717) is 0 Å². The monoisotopic (exact) mass is 246 g/mol. The minimum Gasteiger partial charge on any atom is -0.192 e. The molecule has 0 bridgehead atoms. The lowest BCUT2D eigenvalue weighted by atomic mass is 10.1. The number of rotatable bonds is 0. The van der Waals surface area contributed by atoms with Crippen LogP contribution in [0.3, 0.4) is 0 Å². The molecule has 0 atom stereocenters. The summed E-state index contributed by atoms with van der Waals surface area (Å²) in [5, 5.41) is 10.2. The van der Waals surface area contributed by atoms with Gasteiger partial charge in [-0.1, -0.05) is 17.7 Å². The Labute approximate surface area is 110 Å². The maximum atomic E-state index is 9.19. The fraction of sp³-hybridized carbons (Fsp3) is 0.125. The Kier molecular flexibility index (Phi) is 1.88. The number of nitriles is 1. The van der Waals surface area contributed by atoms with E-state index in [-0.39, 0.29) is 0 Å². The van der Waals surface area contributed by atoms with Crippen LogP contribution in [0.15, 0.2) is 42.6 Å². The van der Waals surface area contributed by atoms with E-state index < -0.39 is 0 Å². The largest absolute Gasteiger partial charge is 0.205 e. The maximum Gasteiger partial charge on any atom is 0.205 e. The van der Waals surface area contributed by atoms with Crippen molar-refractivity contribution in [1.82, 2.24) is 4.68 Å². The summed E-state index contributed by atoms with van der Waals surface area (Å²) in [5.41, 5.74) is 5.68. The molecule has 3 aromatic rings. The van der Waals surface area contributed by atoms with Gasteiger partial charge in [0.05, 0.1) is 10.9 Å². The van der Waals surface area contributed by atoms with Crippen molar-refractivity contribution in [2.45, 2.75) is 13.5 Å². The predicted octanol–water partition coefficient (Wildman–Crippen LogP) is 2.46. The molecule has 0 N–H and O–H groups in total. The first-order chi connectivity index (χ1) is 9.28. The number of aryl methyl sites for hydroxylation is 1. The Bertz CT molecular complexity index is 866. The third-order valence-electron chi connectivity index (χ3n) is 3.76. The normalized spacial score (nSPS) is 12.2. The van der Waals surface area contributed by atoms with Crippen molar-refractivity contribution < 1.29 is 4.68 Å². The first kappa shape index (κ1) is 10.3. The first-order valence-electron chi connectivity index (χ1n) is 6.32. The van der Waals surface area contributed by atoms with Crippen LogP contribution in [0.25, 0.3) is 16.6 Å². The zero-order chi connectivity index (χ0) is 13.0. The van der Waals surface area contributed by atoms with Crippen LogP contribution in [0.1, 0.15) is 16.7 Å². The number of benzene rings is 2. The molecule has 3 heteroatoms. The van der Waals surface area contributed by atoms with Crippen LogP contribution in [0, 0.1) is 18.3 Å². The van der Waals surface area contributed by atoms with Gasteiger partial charge in [-0.25, -0.2) is 0 Å². The lowest BCUT2D eigenvalue weighted by molar-refractivity contribution is -0.749. The van der Waals surface area contributed by atoms with Crippen molar-refractivity contribution in [3.63, 3.8) is 0 Å². The maximum absolute atomic E-state index is 9.19. The molecule has 0 amide bonds. The zero-order valence-electron chi connectivity index (χ0n) is 10.6. The molecule has 0 aliphatic carbocycles. The molecule has 19 heavy (non-hydrogen) atoms. The molecule has 4 rings (SSSR count). The second-order valence-electron chi connectivity index (χ2n) is 5.02. The number of aromatic nitrogens is 2. The number of hydrogen-bond donors (Lipinski definition) is 0. The highest BCUT2D eigenvalue weighted by Gasteiger charge is 2.28. The van der Waals surface area contributed by atoms with Gasteiger partial charge >= 0.3 is 0 Å². The average Bonchev–Trinajstić information content (AvgIpc) is 2.92. The van der Waals surface area contributed by atoms with E-state index in [0.717, 1.165) is 23.0 Å². The molecule has 0 spiro atoms. The Balaban J connectivity index is 2.09. The van der Waals surface area contributed by atoms with Crippen LogP contribution in [0.5, 0.6) is 0 Å². The van der Waals surface area contributed by atoms with Crippen molar-refractivity contribution >= 4 is 10.9 Å². The van der Waals surface area contributed by atoms with Crippen molar-refractivity contribution in [3.05, 3.63) is 59.3 Å². The highest BCUT2D eigenvalue weighted by molar-refractivity contribution is 5.85. The SMILES string of the molecule is Cc1ccc2c(c1)C[n+]1cc3c(C#N)cccc3n1-2. The second-order valence-corrected chi connectivity index (χ2v) is 5.02. The summed E-state index contributed by atoms with van der Waals surface area (Å²) in [6.45, 7) is 2.99. The van der Waals surface area contributed by atoms with Crippen LogP contribution in [-0.4, -0.2) is 4.68 Å². The molecule has 0 fully saturated rings. The van der Waals surface area contributed by atoms with Gasteiger partial charge in [0.15, 0.2) is 6.54 Å². The van der Waals surface area contributed by atoms with Gasteiger partial charge in [-0.05, 0) is 31.2 Å².